The van der Waals surface area contributed by atoms with Gasteiger partial charge in [-0.1, -0.05) is 12.1 Å². The Hall–Kier alpha value is -2.56. The average molecular weight is 286 g/mol. The van der Waals surface area contributed by atoms with Crippen LogP contribution in [0.25, 0.3) is 0 Å². The van der Waals surface area contributed by atoms with Crippen molar-refractivity contribution in [3.63, 3.8) is 0 Å². The van der Waals surface area contributed by atoms with E-state index in [1.807, 2.05) is 24.3 Å². The lowest BCUT2D eigenvalue weighted by molar-refractivity contribution is -0.122. The largest absolute Gasteiger partial charge is 0.477 e. The first kappa shape index (κ1) is 13.4. The highest BCUT2D eigenvalue weighted by atomic mass is 19.1. The molecule has 0 radical (unpaired) electrons. The van der Waals surface area contributed by atoms with E-state index < -0.39 is 6.10 Å². The smallest absolute Gasteiger partial charge is 0.267 e. The number of nitrogens with one attached hydrogen (secondary N) is 2. The van der Waals surface area contributed by atoms with Crippen LogP contribution in [0.5, 0.6) is 5.75 Å². The summed E-state index contributed by atoms with van der Waals surface area (Å²) in [7, 11) is 0. The Morgan fingerprint density at radius 2 is 2.14 bits per heavy atom. The number of halogens is 1. The van der Waals surface area contributed by atoms with Crippen LogP contribution in [-0.2, 0) is 4.79 Å². The fourth-order valence-corrected chi connectivity index (χ4v) is 2.24. The Balaban J connectivity index is 1.72. The maximum Gasteiger partial charge on any atom is 0.267 e. The molecule has 0 bridgehead atoms. The van der Waals surface area contributed by atoms with Gasteiger partial charge in [0, 0.05) is 5.69 Å². The number of anilines is 2. The van der Waals surface area contributed by atoms with Crippen molar-refractivity contribution in [1.29, 1.82) is 0 Å². The molecule has 1 aliphatic heterocycles. The van der Waals surface area contributed by atoms with Crippen molar-refractivity contribution in [2.45, 2.75) is 13.0 Å². The van der Waals surface area contributed by atoms with Crippen molar-refractivity contribution in [2.75, 3.05) is 17.2 Å². The first-order valence-electron chi connectivity index (χ1n) is 6.70. The number of ether oxygens (including phenoxy) is 1. The van der Waals surface area contributed by atoms with E-state index in [1.165, 1.54) is 12.1 Å². The van der Waals surface area contributed by atoms with E-state index in [4.69, 9.17) is 4.74 Å². The van der Waals surface area contributed by atoms with Gasteiger partial charge in [0.05, 0.1) is 12.2 Å². The van der Waals surface area contributed by atoms with E-state index in [2.05, 4.69) is 10.6 Å². The number of para-hydroxylation sites is 2. The molecule has 2 aromatic rings. The van der Waals surface area contributed by atoms with Crippen LogP contribution in [0, 0.1) is 12.7 Å². The highest BCUT2D eigenvalue weighted by Crippen LogP contribution is 2.28. The van der Waals surface area contributed by atoms with Gasteiger partial charge in [0.2, 0.25) is 0 Å². The topological polar surface area (TPSA) is 50.4 Å². The summed E-state index contributed by atoms with van der Waals surface area (Å²) in [5.41, 5.74) is 2.14. The first-order valence-corrected chi connectivity index (χ1v) is 6.70. The predicted octanol–water partition coefficient (Wildman–Crippen LogP) is 2.95. The Morgan fingerprint density at radius 3 is 2.95 bits per heavy atom. The van der Waals surface area contributed by atoms with Gasteiger partial charge in [-0.05, 0) is 42.8 Å². The number of carbonyl (C=O) groups excluding carboxylic acids is 1. The average Bonchev–Trinajstić information content (AvgIpc) is 2.49. The molecule has 0 fully saturated rings. The molecular weight excluding hydrogens is 271 g/mol. The SMILES string of the molecule is Cc1cc(F)ccc1NC(=O)C1CNc2ccccc2O1. The fourth-order valence-electron chi connectivity index (χ4n) is 2.24. The van der Waals surface area contributed by atoms with Crippen molar-refractivity contribution in [2.24, 2.45) is 0 Å². The molecule has 2 N–H and O–H groups in total. The summed E-state index contributed by atoms with van der Waals surface area (Å²) >= 11 is 0. The third-order valence-electron chi connectivity index (χ3n) is 3.37. The predicted molar refractivity (Wildman–Crippen MR) is 79.1 cm³/mol. The lowest BCUT2D eigenvalue weighted by Crippen LogP contribution is -2.41. The lowest BCUT2D eigenvalue weighted by atomic mass is 10.1. The van der Waals surface area contributed by atoms with Crippen molar-refractivity contribution in [3.05, 3.63) is 53.8 Å². The molecule has 108 valence electrons. The van der Waals surface area contributed by atoms with Crippen LogP contribution in [0.2, 0.25) is 0 Å². The molecule has 1 atom stereocenters. The monoisotopic (exact) mass is 286 g/mol. The van der Waals surface area contributed by atoms with Gasteiger partial charge in [-0.3, -0.25) is 4.79 Å². The number of amides is 1. The molecule has 3 rings (SSSR count). The summed E-state index contributed by atoms with van der Waals surface area (Å²) < 4.78 is 18.7. The second-order valence-corrected chi connectivity index (χ2v) is 4.93. The third-order valence-corrected chi connectivity index (χ3v) is 3.37. The maximum absolute atomic E-state index is 13.1. The Kier molecular flexibility index (Phi) is 3.48. The maximum atomic E-state index is 13.1. The summed E-state index contributed by atoms with van der Waals surface area (Å²) in [6, 6.07) is 11.7. The molecule has 2 aromatic carbocycles. The van der Waals surface area contributed by atoms with Crippen LogP contribution >= 0.6 is 0 Å². The standard InChI is InChI=1S/C16H15FN2O2/c1-10-8-11(17)6-7-12(10)19-16(20)15-9-18-13-4-2-3-5-14(13)21-15/h2-8,15,18H,9H2,1H3,(H,19,20). The molecular formula is C16H15FN2O2. The molecule has 1 amide bonds. The quantitative estimate of drug-likeness (QED) is 0.892. The van der Waals surface area contributed by atoms with Gasteiger partial charge in [0.1, 0.15) is 11.6 Å². The van der Waals surface area contributed by atoms with Crippen LogP contribution in [0.4, 0.5) is 15.8 Å². The summed E-state index contributed by atoms with van der Waals surface area (Å²) in [5, 5.41) is 5.92. The van der Waals surface area contributed by atoms with Gasteiger partial charge in [-0.2, -0.15) is 0 Å². The zero-order valence-corrected chi connectivity index (χ0v) is 11.5. The second kappa shape index (κ2) is 5.44. The van der Waals surface area contributed by atoms with E-state index in [0.29, 0.717) is 23.5 Å². The molecule has 5 heteroatoms. The molecule has 0 aliphatic carbocycles. The first-order chi connectivity index (χ1) is 10.1. The highest BCUT2D eigenvalue weighted by Gasteiger charge is 2.25. The van der Waals surface area contributed by atoms with Gasteiger partial charge in [0.15, 0.2) is 6.10 Å². The zero-order chi connectivity index (χ0) is 14.8. The van der Waals surface area contributed by atoms with Crippen LogP contribution < -0.4 is 15.4 Å². The van der Waals surface area contributed by atoms with E-state index >= 15 is 0 Å². The molecule has 1 aliphatic rings. The van der Waals surface area contributed by atoms with Crippen LogP contribution in [0.15, 0.2) is 42.5 Å². The van der Waals surface area contributed by atoms with Crippen LogP contribution in [-0.4, -0.2) is 18.6 Å². The number of hydrogen-bond acceptors (Lipinski definition) is 3. The van der Waals surface area contributed by atoms with Gasteiger partial charge >= 0.3 is 0 Å². The fraction of sp³-hybridized carbons (Fsp3) is 0.188. The molecule has 0 saturated carbocycles. The van der Waals surface area contributed by atoms with Gasteiger partial charge < -0.3 is 15.4 Å². The number of benzene rings is 2. The molecule has 1 unspecified atom stereocenters. The summed E-state index contributed by atoms with van der Waals surface area (Å²) in [4.78, 5) is 12.2. The lowest BCUT2D eigenvalue weighted by Gasteiger charge is -2.26. The van der Waals surface area contributed by atoms with Crippen LogP contribution in [0.3, 0.4) is 0 Å². The molecule has 0 spiro atoms. The molecule has 21 heavy (non-hydrogen) atoms. The van der Waals surface area contributed by atoms with Crippen molar-refractivity contribution < 1.29 is 13.9 Å². The minimum absolute atomic E-state index is 0.258. The normalized spacial score (nSPS) is 16.4. The Labute approximate surface area is 121 Å². The van der Waals surface area contributed by atoms with E-state index in [0.717, 1.165) is 5.69 Å². The number of carbonyl (C=O) groups is 1. The van der Waals surface area contributed by atoms with Crippen molar-refractivity contribution >= 4 is 17.3 Å². The van der Waals surface area contributed by atoms with E-state index in [9.17, 15) is 9.18 Å². The second-order valence-electron chi connectivity index (χ2n) is 4.93. The van der Waals surface area contributed by atoms with E-state index in [1.54, 1.807) is 13.0 Å². The summed E-state index contributed by atoms with van der Waals surface area (Å²) in [6.07, 6.45) is -0.621. The minimum atomic E-state index is -0.621. The summed E-state index contributed by atoms with van der Waals surface area (Å²) in [6.45, 7) is 2.14. The number of hydrogen-bond donors (Lipinski definition) is 2. The highest BCUT2D eigenvalue weighted by molar-refractivity contribution is 5.95. The number of rotatable bonds is 2. The van der Waals surface area contributed by atoms with Gasteiger partial charge in [0.25, 0.3) is 5.91 Å². The Bertz CT molecular complexity index is 688. The molecule has 0 aromatic heterocycles. The van der Waals surface area contributed by atoms with E-state index in [-0.39, 0.29) is 11.7 Å². The molecule has 4 nitrogen and oxygen atoms in total. The Morgan fingerprint density at radius 1 is 1.33 bits per heavy atom. The third kappa shape index (κ3) is 2.81. The zero-order valence-electron chi connectivity index (χ0n) is 11.5. The van der Waals surface area contributed by atoms with Gasteiger partial charge in [-0.15, -0.1) is 0 Å². The number of fused-ring (bicyclic) bond motifs is 1. The summed E-state index contributed by atoms with van der Waals surface area (Å²) in [5.74, 6) is 0.0708. The van der Waals surface area contributed by atoms with Gasteiger partial charge in [-0.25, -0.2) is 4.39 Å². The van der Waals surface area contributed by atoms with Crippen molar-refractivity contribution in [1.82, 2.24) is 0 Å². The number of aryl methyl sites for hydroxylation is 1. The minimum Gasteiger partial charge on any atom is -0.477 e. The van der Waals surface area contributed by atoms with Crippen molar-refractivity contribution in [3.8, 4) is 5.75 Å². The molecule has 0 saturated heterocycles. The molecule has 1 heterocycles. The van der Waals surface area contributed by atoms with Crippen LogP contribution in [0.1, 0.15) is 5.56 Å².